The Morgan fingerprint density at radius 1 is 1.25 bits per heavy atom. The summed E-state index contributed by atoms with van der Waals surface area (Å²) in [4.78, 5) is 10.4. The number of hydrogen-bond donors (Lipinski definition) is 0. The van der Waals surface area contributed by atoms with E-state index in [1.807, 2.05) is 32.0 Å². The summed E-state index contributed by atoms with van der Waals surface area (Å²) in [5, 5.41) is 0.871. The van der Waals surface area contributed by atoms with Crippen molar-refractivity contribution in [1.29, 1.82) is 0 Å². The van der Waals surface area contributed by atoms with Crippen molar-refractivity contribution in [3.8, 4) is 11.5 Å². The molecule has 0 spiro atoms. The first-order chi connectivity index (χ1) is 7.31. The van der Waals surface area contributed by atoms with Gasteiger partial charge in [-0.2, -0.15) is 5.30 Å². The Kier molecular flexibility index (Phi) is 8.38. The summed E-state index contributed by atoms with van der Waals surface area (Å²) in [6.07, 6.45) is 0. The van der Waals surface area contributed by atoms with Crippen LogP contribution in [0.1, 0.15) is 13.8 Å². The molecule has 0 amide bonds. The van der Waals surface area contributed by atoms with Crippen LogP contribution in [-0.4, -0.2) is 19.2 Å². The standard InChI is InChI=1S/C11H14O3P.Li/c1-3-13-9-5-6-11(15-8-12)10(7-9)14-4-2;/h5-8H,3-4H2,1-2H3;/q-1;+1. The maximum absolute atomic E-state index is 10.4. The quantitative estimate of drug-likeness (QED) is 0.368. The van der Waals surface area contributed by atoms with Gasteiger partial charge in [-0.1, -0.05) is 6.07 Å². The summed E-state index contributed by atoms with van der Waals surface area (Å²) in [6, 6.07) is 6.36. The summed E-state index contributed by atoms with van der Waals surface area (Å²) in [6.45, 7) is 5.04. The molecule has 0 aromatic heterocycles. The van der Waals surface area contributed by atoms with Crippen LogP contribution in [0.4, 0.5) is 0 Å². The molecule has 0 aliphatic carbocycles. The van der Waals surface area contributed by atoms with Crippen molar-refractivity contribution in [2.24, 2.45) is 0 Å². The van der Waals surface area contributed by atoms with Gasteiger partial charge in [0.15, 0.2) is 0 Å². The van der Waals surface area contributed by atoms with E-state index in [1.54, 1.807) is 0 Å². The molecule has 0 saturated carbocycles. The molecule has 5 heteroatoms. The fraction of sp³-hybridized carbons (Fsp3) is 0.364. The molecular formula is C11H14LiO3P. The van der Waals surface area contributed by atoms with Gasteiger partial charge >= 0.3 is 18.9 Å². The molecule has 0 aliphatic rings. The summed E-state index contributed by atoms with van der Waals surface area (Å²) in [7, 11) is 0.620. The van der Waals surface area contributed by atoms with E-state index in [1.165, 1.54) is 0 Å². The minimum atomic E-state index is 0. The van der Waals surface area contributed by atoms with Gasteiger partial charge in [0.25, 0.3) is 0 Å². The first kappa shape index (κ1) is 15.5. The van der Waals surface area contributed by atoms with Gasteiger partial charge in [0.2, 0.25) is 0 Å². The van der Waals surface area contributed by atoms with E-state index in [4.69, 9.17) is 9.47 Å². The molecule has 0 unspecified atom stereocenters. The summed E-state index contributed by atoms with van der Waals surface area (Å²) in [5.74, 6) is 1.49. The van der Waals surface area contributed by atoms with Crippen LogP contribution in [0.15, 0.2) is 18.2 Å². The van der Waals surface area contributed by atoms with Gasteiger partial charge in [-0.05, 0) is 25.9 Å². The molecule has 1 aromatic rings. The predicted octanol–water partition coefficient (Wildman–Crippen LogP) is -0.750. The Balaban J connectivity index is 0.00000225. The SMILES string of the molecule is CCOc1ccc([P-]C=O)c(OCC)c1.[Li+]. The van der Waals surface area contributed by atoms with Crippen LogP contribution in [-0.2, 0) is 4.79 Å². The number of rotatable bonds is 6. The minimum absolute atomic E-state index is 0. The molecule has 82 valence electrons. The van der Waals surface area contributed by atoms with Gasteiger partial charge in [-0.3, -0.25) is 0 Å². The van der Waals surface area contributed by atoms with Crippen molar-refractivity contribution in [2.45, 2.75) is 13.8 Å². The van der Waals surface area contributed by atoms with Crippen LogP contribution < -0.4 is 33.6 Å². The molecule has 0 bridgehead atoms. The maximum atomic E-state index is 10.4. The Bertz CT molecular complexity index is 331. The van der Waals surface area contributed by atoms with Gasteiger partial charge < -0.3 is 22.8 Å². The largest absolute Gasteiger partial charge is 1.00 e. The molecular weight excluding hydrogens is 218 g/mol. The summed E-state index contributed by atoms with van der Waals surface area (Å²) in [5.41, 5.74) is 0. The number of carbonyl (C=O) groups excluding carboxylic acids is 1. The topological polar surface area (TPSA) is 35.5 Å². The number of ether oxygens (including phenoxy) is 2. The molecule has 1 rings (SSSR count). The number of benzene rings is 1. The number of carbonyl (C=O) groups is 1. The first-order valence-corrected chi connectivity index (χ1v) is 5.82. The van der Waals surface area contributed by atoms with Crippen molar-refractivity contribution in [2.75, 3.05) is 13.2 Å². The minimum Gasteiger partial charge on any atom is -0.496 e. The smallest absolute Gasteiger partial charge is 0.496 e. The number of hydrogen-bond acceptors (Lipinski definition) is 3. The van der Waals surface area contributed by atoms with Gasteiger partial charge in [0.05, 0.1) is 19.0 Å². The second kappa shape index (κ2) is 8.64. The van der Waals surface area contributed by atoms with Crippen LogP contribution in [0.5, 0.6) is 11.5 Å². The third-order valence-electron chi connectivity index (χ3n) is 1.73. The van der Waals surface area contributed by atoms with E-state index in [0.29, 0.717) is 21.8 Å². The fourth-order valence-electron chi connectivity index (χ4n) is 1.19. The van der Waals surface area contributed by atoms with Crippen molar-refractivity contribution >= 4 is 19.9 Å². The Labute approximate surface area is 110 Å². The molecule has 0 heterocycles. The zero-order valence-electron chi connectivity index (χ0n) is 9.90. The Hall–Kier alpha value is -0.483. The normalized spacial score (nSPS) is 9.88. The third-order valence-corrected chi connectivity index (χ3v) is 2.49. The zero-order valence-corrected chi connectivity index (χ0v) is 10.8. The van der Waals surface area contributed by atoms with Crippen molar-refractivity contribution < 1.29 is 33.1 Å². The molecule has 3 nitrogen and oxygen atoms in total. The average Bonchev–Trinajstić information content (AvgIpc) is 2.23. The molecule has 0 N–H and O–H groups in total. The molecule has 0 atom stereocenters. The fourth-order valence-corrected chi connectivity index (χ4v) is 1.72. The van der Waals surface area contributed by atoms with Gasteiger partial charge in [-0.25, -0.2) is 0 Å². The summed E-state index contributed by atoms with van der Waals surface area (Å²) < 4.78 is 10.8. The van der Waals surface area contributed by atoms with Crippen LogP contribution >= 0.6 is 8.58 Å². The van der Waals surface area contributed by atoms with Gasteiger partial charge in [0.1, 0.15) is 5.75 Å². The maximum Gasteiger partial charge on any atom is 1.00 e. The van der Waals surface area contributed by atoms with Crippen LogP contribution in [0, 0.1) is 0 Å². The monoisotopic (exact) mass is 232 g/mol. The van der Waals surface area contributed by atoms with Gasteiger partial charge in [-0.15, -0.1) is 0 Å². The van der Waals surface area contributed by atoms with Crippen LogP contribution in [0.2, 0.25) is 0 Å². The second-order valence-corrected chi connectivity index (χ2v) is 3.68. The average molecular weight is 232 g/mol. The van der Waals surface area contributed by atoms with Crippen molar-refractivity contribution in [3.05, 3.63) is 18.2 Å². The van der Waals surface area contributed by atoms with Crippen molar-refractivity contribution in [1.82, 2.24) is 0 Å². The molecule has 0 radical (unpaired) electrons. The van der Waals surface area contributed by atoms with E-state index >= 15 is 0 Å². The van der Waals surface area contributed by atoms with E-state index in [-0.39, 0.29) is 18.9 Å². The van der Waals surface area contributed by atoms with Gasteiger partial charge in [0, 0.05) is 6.07 Å². The third kappa shape index (κ3) is 4.57. The van der Waals surface area contributed by atoms with Crippen molar-refractivity contribution in [3.63, 3.8) is 0 Å². The van der Waals surface area contributed by atoms with E-state index in [0.717, 1.165) is 22.8 Å². The van der Waals surface area contributed by atoms with Crippen LogP contribution in [0.25, 0.3) is 0 Å². The zero-order chi connectivity index (χ0) is 11.1. The van der Waals surface area contributed by atoms with E-state index < -0.39 is 0 Å². The predicted molar refractivity (Wildman–Crippen MR) is 62.1 cm³/mol. The molecule has 1 aromatic carbocycles. The first-order valence-electron chi connectivity index (χ1n) is 4.86. The molecule has 16 heavy (non-hydrogen) atoms. The van der Waals surface area contributed by atoms with Crippen LogP contribution in [0.3, 0.4) is 0 Å². The van der Waals surface area contributed by atoms with E-state index in [9.17, 15) is 4.79 Å². The Morgan fingerprint density at radius 3 is 2.50 bits per heavy atom. The summed E-state index contributed by atoms with van der Waals surface area (Å²) >= 11 is 0. The van der Waals surface area contributed by atoms with E-state index in [2.05, 4.69) is 0 Å². The Morgan fingerprint density at radius 2 is 1.94 bits per heavy atom. The molecule has 0 saturated heterocycles. The molecule has 0 aliphatic heterocycles. The molecule has 0 fully saturated rings. The second-order valence-electron chi connectivity index (χ2n) is 2.73.